The highest BCUT2D eigenvalue weighted by Gasteiger charge is 2.25. The Balaban J connectivity index is 1.44. The maximum Gasteiger partial charge on any atom is 0.223 e. The molecule has 0 unspecified atom stereocenters. The molecule has 2 fully saturated rings. The number of rotatable bonds is 4. The summed E-state index contributed by atoms with van der Waals surface area (Å²) in [4.78, 5) is 16.7. The summed E-state index contributed by atoms with van der Waals surface area (Å²) in [6.07, 6.45) is 1.68. The van der Waals surface area contributed by atoms with Crippen molar-refractivity contribution < 1.29 is 9.53 Å². The maximum absolute atomic E-state index is 12.3. The monoisotopic (exact) mass is 322 g/mol. The van der Waals surface area contributed by atoms with Gasteiger partial charge in [-0.1, -0.05) is 23.7 Å². The maximum atomic E-state index is 12.3. The van der Waals surface area contributed by atoms with E-state index in [1.807, 2.05) is 23.1 Å². The van der Waals surface area contributed by atoms with Crippen molar-refractivity contribution in [3.05, 3.63) is 34.9 Å². The van der Waals surface area contributed by atoms with Crippen molar-refractivity contribution in [1.29, 1.82) is 0 Å². The van der Waals surface area contributed by atoms with Crippen molar-refractivity contribution in [1.82, 2.24) is 9.80 Å². The molecular formula is C17H23ClN2O2. The Labute approximate surface area is 137 Å². The summed E-state index contributed by atoms with van der Waals surface area (Å²) in [6, 6.07) is 8.00. The fourth-order valence-electron chi connectivity index (χ4n) is 3.17. The number of hydrogen-bond donors (Lipinski definition) is 0. The molecule has 2 aliphatic heterocycles. The second-order valence-corrected chi connectivity index (χ2v) is 6.66. The van der Waals surface area contributed by atoms with Crippen LogP contribution in [-0.4, -0.2) is 55.1 Å². The summed E-state index contributed by atoms with van der Waals surface area (Å²) in [7, 11) is 0. The summed E-state index contributed by atoms with van der Waals surface area (Å²) >= 11 is 6.03. The van der Waals surface area contributed by atoms with E-state index in [0.717, 1.165) is 57.4 Å². The average molecular weight is 323 g/mol. The fourth-order valence-corrected chi connectivity index (χ4v) is 3.38. The van der Waals surface area contributed by atoms with Gasteiger partial charge in [0.25, 0.3) is 0 Å². The van der Waals surface area contributed by atoms with Crippen LogP contribution in [0.25, 0.3) is 0 Å². The van der Waals surface area contributed by atoms with Gasteiger partial charge in [-0.2, -0.15) is 0 Å². The Bertz CT molecular complexity index is 509. The number of nitrogens with zero attached hydrogens (tertiary/aromatic N) is 2. The largest absolute Gasteiger partial charge is 0.381 e. The van der Waals surface area contributed by atoms with Crippen LogP contribution in [0.1, 0.15) is 18.4 Å². The minimum Gasteiger partial charge on any atom is -0.381 e. The van der Waals surface area contributed by atoms with E-state index in [4.69, 9.17) is 16.3 Å². The summed E-state index contributed by atoms with van der Waals surface area (Å²) in [5, 5.41) is 0.782. The number of hydrogen-bond acceptors (Lipinski definition) is 3. The van der Waals surface area contributed by atoms with Crippen LogP contribution >= 0.6 is 11.6 Å². The number of piperazine rings is 1. The van der Waals surface area contributed by atoms with E-state index in [9.17, 15) is 4.79 Å². The van der Waals surface area contributed by atoms with Gasteiger partial charge in [-0.05, 0) is 30.0 Å². The SMILES string of the molecule is O=C(C[C@H]1CCOC1)N1CCN(Cc2cccc(Cl)c2)CC1. The van der Waals surface area contributed by atoms with E-state index in [1.54, 1.807) is 0 Å². The number of carbonyl (C=O) groups is 1. The second kappa shape index (κ2) is 7.44. The lowest BCUT2D eigenvalue weighted by Crippen LogP contribution is -2.48. The summed E-state index contributed by atoms with van der Waals surface area (Å²) in [5.41, 5.74) is 1.23. The highest BCUT2D eigenvalue weighted by Crippen LogP contribution is 2.19. The van der Waals surface area contributed by atoms with Crippen molar-refractivity contribution in [2.24, 2.45) is 5.92 Å². The van der Waals surface area contributed by atoms with E-state index in [-0.39, 0.29) is 5.91 Å². The van der Waals surface area contributed by atoms with Crippen molar-refractivity contribution >= 4 is 17.5 Å². The van der Waals surface area contributed by atoms with Gasteiger partial charge in [-0.25, -0.2) is 0 Å². The van der Waals surface area contributed by atoms with Gasteiger partial charge in [0.05, 0.1) is 0 Å². The molecule has 1 aromatic carbocycles. The Kier molecular flexibility index (Phi) is 5.34. The van der Waals surface area contributed by atoms with Crippen LogP contribution in [0.5, 0.6) is 0 Å². The van der Waals surface area contributed by atoms with Crippen LogP contribution < -0.4 is 0 Å². The average Bonchev–Trinajstić information content (AvgIpc) is 3.01. The number of halogens is 1. The normalized spacial score (nSPS) is 23.0. The first-order chi connectivity index (χ1) is 10.7. The standard InChI is InChI=1S/C17H23ClN2O2/c18-16-3-1-2-14(10-16)12-19-5-7-20(8-6-19)17(21)11-15-4-9-22-13-15/h1-3,10,15H,4-9,11-13H2/t15-/m1/s1. The predicted octanol–water partition coefficient (Wildman–Crippen LogP) is 2.41. The summed E-state index contributed by atoms with van der Waals surface area (Å²) in [5.74, 6) is 0.717. The number of amides is 1. The van der Waals surface area contributed by atoms with Crippen molar-refractivity contribution in [2.45, 2.75) is 19.4 Å². The Morgan fingerprint density at radius 3 is 2.77 bits per heavy atom. The van der Waals surface area contributed by atoms with Gasteiger partial charge in [0.2, 0.25) is 5.91 Å². The zero-order chi connectivity index (χ0) is 15.4. The molecule has 0 aliphatic carbocycles. The number of carbonyl (C=O) groups excluding carboxylic acids is 1. The topological polar surface area (TPSA) is 32.8 Å². The lowest BCUT2D eigenvalue weighted by Gasteiger charge is -2.35. The zero-order valence-electron chi connectivity index (χ0n) is 12.8. The molecule has 3 rings (SSSR count). The molecule has 1 amide bonds. The van der Waals surface area contributed by atoms with Gasteiger partial charge in [0, 0.05) is 57.4 Å². The van der Waals surface area contributed by atoms with Crippen LogP contribution in [-0.2, 0) is 16.1 Å². The molecule has 5 heteroatoms. The number of ether oxygens (including phenoxy) is 1. The quantitative estimate of drug-likeness (QED) is 0.853. The highest BCUT2D eigenvalue weighted by molar-refractivity contribution is 6.30. The summed E-state index contributed by atoms with van der Waals surface area (Å²) in [6.45, 7) is 5.98. The van der Waals surface area contributed by atoms with Crippen LogP contribution in [0.3, 0.4) is 0 Å². The van der Waals surface area contributed by atoms with Crippen molar-refractivity contribution in [3.63, 3.8) is 0 Å². The Morgan fingerprint density at radius 1 is 1.27 bits per heavy atom. The smallest absolute Gasteiger partial charge is 0.223 e. The lowest BCUT2D eigenvalue weighted by atomic mass is 10.0. The molecule has 22 heavy (non-hydrogen) atoms. The molecule has 1 atom stereocenters. The molecule has 0 aromatic heterocycles. The molecule has 0 bridgehead atoms. The first-order valence-corrected chi connectivity index (χ1v) is 8.41. The minimum absolute atomic E-state index is 0.290. The van der Waals surface area contributed by atoms with Gasteiger partial charge in [-0.3, -0.25) is 9.69 Å². The molecule has 4 nitrogen and oxygen atoms in total. The highest BCUT2D eigenvalue weighted by atomic mass is 35.5. The van der Waals surface area contributed by atoms with Gasteiger partial charge < -0.3 is 9.64 Å². The molecule has 0 radical (unpaired) electrons. The van der Waals surface area contributed by atoms with E-state index in [0.29, 0.717) is 12.3 Å². The molecule has 1 aromatic rings. The Morgan fingerprint density at radius 2 is 2.09 bits per heavy atom. The van der Waals surface area contributed by atoms with Gasteiger partial charge >= 0.3 is 0 Å². The molecular weight excluding hydrogens is 300 g/mol. The lowest BCUT2D eigenvalue weighted by molar-refractivity contribution is -0.134. The third-order valence-electron chi connectivity index (χ3n) is 4.51. The van der Waals surface area contributed by atoms with Crippen LogP contribution in [0.15, 0.2) is 24.3 Å². The van der Waals surface area contributed by atoms with Gasteiger partial charge in [0.15, 0.2) is 0 Å². The minimum atomic E-state index is 0.290. The third-order valence-corrected chi connectivity index (χ3v) is 4.74. The first kappa shape index (κ1) is 15.8. The number of benzene rings is 1. The van der Waals surface area contributed by atoms with Crippen LogP contribution in [0.2, 0.25) is 5.02 Å². The van der Waals surface area contributed by atoms with Crippen molar-refractivity contribution in [2.75, 3.05) is 39.4 Å². The van der Waals surface area contributed by atoms with E-state index in [2.05, 4.69) is 11.0 Å². The van der Waals surface area contributed by atoms with Gasteiger partial charge in [-0.15, -0.1) is 0 Å². The molecule has 2 heterocycles. The third kappa shape index (κ3) is 4.22. The Hall–Kier alpha value is -1.10. The van der Waals surface area contributed by atoms with Crippen molar-refractivity contribution in [3.8, 4) is 0 Å². The van der Waals surface area contributed by atoms with E-state index >= 15 is 0 Å². The fraction of sp³-hybridized carbons (Fsp3) is 0.588. The second-order valence-electron chi connectivity index (χ2n) is 6.22. The molecule has 2 saturated heterocycles. The molecule has 0 N–H and O–H groups in total. The van der Waals surface area contributed by atoms with E-state index in [1.165, 1.54) is 5.56 Å². The summed E-state index contributed by atoms with van der Waals surface area (Å²) < 4.78 is 5.35. The first-order valence-electron chi connectivity index (χ1n) is 8.03. The molecule has 0 spiro atoms. The molecule has 120 valence electrons. The van der Waals surface area contributed by atoms with Crippen LogP contribution in [0, 0.1) is 5.92 Å². The van der Waals surface area contributed by atoms with Crippen LogP contribution in [0.4, 0.5) is 0 Å². The predicted molar refractivity (Wildman–Crippen MR) is 86.9 cm³/mol. The zero-order valence-corrected chi connectivity index (χ0v) is 13.6. The molecule has 0 saturated carbocycles. The van der Waals surface area contributed by atoms with Gasteiger partial charge in [0.1, 0.15) is 0 Å². The van der Waals surface area contributed by atoms with E-state index < -0.39 is 0 Å². The molecule has 2 aliphatic rings.